The number of piperazine rings is 1. The monoisotopic (exact) mass is 499 g/mol. The fraction of sp³-hybridized carbons (Fsp3) is 0.364. The van der Waals surface area contributed by atoms with Gasteiger partial charge in [-0.1, -0.05) is 0 Å². The van der Waals surface area contributed by atoms with E-state index in [1.165, 1.54) is 35.7 Å². The van der Waals surface area contributed by atoms with Crippen LogP contribution in [-0.4, -0.2) is 70.1 Å². The number of esters is 1. The van der Waals surface area contributed by atoms with E-state index < -0.39 is 34.6 Å². The Kier molecular flexibility index (Phi) is 7.51. The molecule has 1 heterocycles. The molecule has 2 aromatic carbocycles. The number of hydrogen-bond donors (Lipinski definition) is 1. The van der Waals surface area contributed by atoms with E-state index in [9.17, 15) is 31.2 Å². The van der Waals surface area contributed by atoms with Crippen LogP contribution < -0.4 is 10.2 Å². The van der Waals surface area contributed by atoms with Gasteiger partial charge in [-0.2, -0.15) is 17.5 Å². The summed E-state index contributed by atoms with van der Waals surface area (Å²) in [6.45, 7) is 1.33. The molecule has 1 aliphatic heterocycles. The molecule has 8 nitrogen and oxygen atoms in total. The number of sulfonamides is 1. The van der Waals surface area contributed by atoms with Gasteiger partial charge in [0.25, 0.3) is 5.91 Å². The number of nitrogens with zero attached hydrogens (tertiary/aromatic N) is 2. The molecular formula is C22H24F3N3O5S. The SMILES string of the molecule is COC(=O)c1ccc(N2CCN(S(=O)(=O)c3ccc(C(=O)NCC(F)(F)F)cc3)C(C)C2)cc1. The zero-order chi connectivity index (χ0) is 25.1. The number of halogens is 3. The maximum Gasteiger partial charge on any atom is 0.405 e. The molecule has 0 saturated carbocycles. The number of amides is 1. The van der Waals surface area contributed by atoms with Crippen molar-refractivity contribution in [3.63, 3.8) is 0 Å². The highest BCUT2D eigenvalue weighted by Crippen LogP contribution is 2.25. The molecular weight excluding hydrogens is 475 g/mol. The number of benzene rings is 2. The van der Waals surface area contributed by atoms with Gasteiger partial charge in [-0.3, -0.25) is 4.79 Å². The predicted octanol–water partition coefficient (Wildman–Crippen LogP) is 2.66. The Bertz CT molecular complexity index is 1140. The number of methoxy groups -OCH3 is 1. The van der Waals surface area contributed by atoms with Crippen molar-refractivity contribution in [3.8, 4) is 0 Å². The fourth-order valence-electron chi connectivity index (χ4n) is 3.65. The van der Waals surface area contributed by atoms with Crippen LogP contribution in [0.3, 0.4) is 0 Å². The van der Waals surface area contributed by atoms with Crippen molar-refractivity contribution >= 4 is 27.6 Å². The van der Waals surface area contributed by atoms with Crippen LogP contribution in [0.5, 0.6) is 0 Å². The van der Waals surface area contributed by atoms with Gasteiger partial charge >= 0.3 is 12.1 Å². The zero-order valence-corrected chi connectivity index (χ0v) is 19.3. The van der Waals surface area contributed by atoms with Crippen molar-refractivity contribution in [3.05, 3.63) is 59.7 Å². The number of carbonyl (C=O) groups excluding carboxylic acids is 2. The molecule has 1 N–H and O–H groups in total. The van der Waals surface area contributed by atoms with Gasteiger partial charge in [-0.05, 0) is 55.5 Å². The molecule has 1 unspecified atom stereocenters. The summed E-state index contributed by atoms with van der Waals surface area (Å²) in [5.74, 6) is -1.39. The van der Waals surface area contributed by atoms with Crippen molar-refractivity contribution in [1.82, 2.24) is 9.62 Å². The average Bonchev–Trinajstić information content (AvgIpc) is 2.81. The van der Waals surface area contributed by atoms with E-state index in [1.54, 1.807) is 36.5 Å². The summed E-state index contributed by atoms with van der Waals surface area (Å²) in [7, 11) is -2.58. The Morgan fingerprint density at radius 1 is 1.03 bits per heavy atom. The second-order valence-corrected chi connectivity index (χ2v) is 9.66. The van der Waals surface area contributed by atoms with Gasteiger partial charge in [-0.25, -0.2) is 13.2 Å². The predicted molar refractivity (Wildman–Crippen MR) is 118 cm³/mol. The lowest BCUT2D eigenvalue weighted by atomic mass is 10.1. The zero-order valence-electron chi connectivity index (χ0n) is 18.5. The van der Waals surface area contributed by atoms with Crippen molar-refractivity contribution in [2.24, 2.45) is 0 Å². The molecule has 184 valence electrons. The molecule has 0 aromatic heterocycles. The van der Waals surface area contributed by atoms with E-state index in [0.29, 0.717) is 18.7 Å². The molecule has 2 aromatic rings. The van der Waals surface area contributed by atoms with E-state index in [0.717, 1.165) is 5.69 Å². The van der Waals surface area contributed by atoms with Gasteiger partial charge in [0.05, 0.1) is 17.6 Å². The third kappa shape index (κ3) is 5.86. The van der Waals surface area contributed by atoms with E-state index in [4.69, 9.17) is 0 Å². The van der Waals surface area contributed by atoms with Crippen LogP contribution in [-0.2, 0) is 14.8 Å². The Hall–Kier alpha value is -3.12. The molecule has 0 bridgehead atoms. The number of nitrogens with one attached hydrogen (secondary N) is 1. The number of rotatable bonds is 6. The number of hydrogen-bond acceptors (Lipinski definition) is 6. The first-order valence-corrected chi connectivity index (χ1v) is 11.8. The van der Waals surface area contributed by atoms with Crippen LogP contribution in [0.4, 0.5) is 18.9 Å². The molecule has 0 spiro atoms. The largest absolute Gasteiger partial charge is 0.465 e. The van der Waals surface area contributed by atoms with E-state index in [1.807, 2.05) is 4.90 Å². The van der Waals surface area contributed by atoms with E-state index in [2.05, 4.69) is 4.74 Å². The van der Waals surface area contributed by atoms with E-state index in [-0.39, 0.29) is 23.0 Å². The second kappa shape index (κ2) is 10.0. The van der Waals surface area contributed by atoms with Gasteiger partial charge in [0.1, 0.15) is 6.54 Å². The first kappa shape index (κ1) is 25.5. The number of alkyl halides is 3. The summed E-state index contributed by atoms with van der Waals surface area (Å²) < 4.78 is 69.1. The third-order valence-electron chi connectivity index (χ3n) is 5.39. The molecule has 1 fully saturated rings. The maximum absolute atomic E-state index is 13.1. The molecule has 3 rings (SSSR count). The highest BCUT2D eigenvalue weighted by atomic mass is 32.2. The molecule has 0 aliphatic carbocycles. The minimum atomic E-state index is -4.54. The normalized spacial score (nSPS) is 17.3. The van der Waals surface area contributed by atoms with Crippen molar-refractivity contribution in [2.45, 2.75) is 24.0 Å². The van der Waals surface area contributed by atoms with Crippen molar-refractivity contribution in [2.75, 3.05) is 38.2 Å². The van der Waals surface area contributed by atoms with E-state index >= 15 is 0 Å². The summed E-state index contributed by atoms with van der Waals surface area (Å²) in [5.41, 5.74) is 1.18. The molecule has 34 heavy (non-hydrogen) atoms. The summed E-state index contributed by atoms with van der Waals surface area (Å²) >= 11 is 0. The van der Waals surface area contributed by atoms with Gasteiger partial charge in [0.15, 0.2) is 0 Å². The van der Waals surface area contributed by atoms with Crippen LogP contribution in [0.15, 0.2) is 53.4 Å². The highest BCUT2D eigenvalue weighted by molar-refractivity contribution is 7.89. The van der Waals surface area contributed by atoms with Gasteiger partial charge in [0.2, 0.25) is 10.0 Å². The Morgan fingerprint density at radius 2 is 1.62 bits per heavy atom. The average molecular weight is 500 g/mol. The van der Waals surface area contributed by atoms with Crippen molar-refractivity contribution < 1.29 is 35.9 Å². The lowest BCUT2D eigenvalue weighted by Gasteiger charge is -2.40. The van der Waals surface area contributed by atoms with Crippen LogP contribution in [0.1, 0.15) is 27.6 Å². The van der Waals surface area contributed by atoms with Crippen LogP contribution in [0.2, 0.25) is 0 Å². The number of anilines is 1. The Morgan fingerprint density at radius 3 is 2.15 bits per heavy atom. The maximum atomic E-state index is 13.1. The third-order valence-corrected chi connectivity index (χ3v) is 7.42. The summed E-state index contributed by atoms with van der Waals surface area (Å²) in [5, 5.41) is 1.75. The summed E-state index contributed by atoms with van der Waals surface area (Å²) in [6.07, 6.45) is -4.54. The standard InChI is InChI=1S/C22H24F3N3O5S/c1-15-13-27(18-7-3-17(4-8-18)21(30)33-2)11-12-28(15)34(31,32)19-9-5-16(6-10-19)20(29)26-14-22(23,24)25/h3-10,15H,11-14H2,1-2H3,(H,26,29). The molecule has 1 atom stereocenters. The second-order valence-electron chi connectivity index (χ2n) is 7.77. The molecule has 12 heteroatoms. The minimum Gasteiger partial charge on any atom is -0.465 e. The number of ether oxygens (including phenoxy) is 1. The van der Waals surface area contributed by atoms with Crippen LogP contribution >= 0.6 is 0 Å². The van der Waals surface area contributed by atoms with Crippen molar-refractivity contribution in [1.29, 1.82) is 0 Å². The smallest absolute Gasteiger partial charge is 0.405 e. The molecule has 1 amide bonds. The van der Waals surface area contributed by atoms with Crippen LogP contribution in [0.25, 0.3) is 0 Å². The minimum absolute atomic E-state index is 0.0531. The quantitative estimate of drug-likeness (QED) is 0.614. The lowest BCUT2D eigenvalue weighted by molar-refractivity contribution is -0.123. The van der Waals surface area contributed by atoms with Gasteiger partial charge < -0.3 is 15.0 Å². The van der Waals surface area contributed by atoms with Gasteiger partial charge in [-0.15, -0.1) is 0 Å². The Balaban J connectivity index is 1.67. The molecule has 1 saturated heterocycles. The number of carbonyl (C=O) groups is 2. The summed E-state index contributed by atoms with van der Waals surface area (Å²) in [4.78, 5) is 25.4. The first-order chi connectivity index (χ1) is 15.9. The Labute approximate surface area is 195 Å². The molecule has 1 aliphatic rings. The summed E-state index contributed by atoms with van der Waals surface area (Å²) in [6, 6.07) is 11.2. The topological polar surface area (TPSA) is 96.0 Å². The highest BCUT2D eigenvalue weighted by Gasteiger charge is 2.34. The molecule has 0 radical (unpaired) electrons. The van der Waals surface area contributed by atoms with Gasteiger partial charge in [0, 0.05) is 36.9 Å². The van der Waals surface area contributed by atoms with Crippen LogP contribution in [0, 0.1) is 0 Å². The fourth-order valence-corrected chi connectivity index (χ4v) is 5.27. The first-order valence-electron chi connectivity index (χ1n) is 10.3. The lowest BCUT2D eigenvalue weighted by Crippen LogP contribution is -2.54.